The first-order valence-electron chi connectivity index (χ1n) is 7.43. The second kappa shape index (κ2) is 6.52. The molecule has 1 N–H and O–H groups in total. The third-order valence-corrected chi connectivity index (χ3v) is 3.87. The van der Waals surface area contributed by atoms with Crippen LogP contribution in [0, 0.1) is 0 Å². The third-order valence-electron chi connectivity index (χ3n) is 3.87. The molecule has 0 saturated heterocycles. The van der Waals surface area contributed by atoms with Gasteiger partial charge in [-0.15, -0.1) is 0 Å². The summed E-state index contributed by atoms with van der Waals surface area (Å²) in [4.78, 5) is 12.8. The Morgan fingerprint density at radius 2 is 1.95 bits per heavy atom. The van der Waals surface area contributed by atoms with Crippen molar-refractivity contribution in [3.63, 3.8) is 0 Å². The largest absolute Gasteiger partial charge is 0.495 e. The molecule has 0 spiro atoms. The topological polar surface area (TPSA) is 59.9 Å². The van der Waals surface area contributed by atoms with Gasteiger partial charge in [0, 0.05) is 23.9 Å². The lowest BCUT2D eigenvalue weighted by molar-refractivity contribution is 0.413. The Bertz CT molecular complexity index is 596. The lowest BCUT2D eigenvalue weighted by Crippen LogP contribution is -2.22. The Balaban J connectivity index is 1.78. The van der Waals surface area contributed by atoms with Gasteiger partial charge in [0.2, 0.25) is 0 Å². The number of methoxy groups -OCH3 is 1. The minimum atomic E-state index is 0.532. The average molecular weight is 284 g/mol. The highest BCUT2D eigenvalue weighted by Gasteiger charge is 2.14. The molecule has 0 bridgehead atoms. The van der Waals surface area contributed by atoms with E-state index in [1.54, 1.807) is 25.8 Å². The molecule has 1 aliphatic rings. The Labute approximate surface area is 124 Å². The fraction of sp³-hybridized carbons (Fsp3) is 0.438. The molecule has 2 aromatic heterocycles. The summed E-state index contributed by atoms with van der Waals surface area (Å²) in [7, 11) is 1.64. The first kappa shape index (κ1) is 13.8. The van der Waals surface area contributed by atoms with Gasteiger partial charge in [-0.2, -0.15) is 0 Å². The van der Waals surface area contributed by atoms with Crippen molar-refractivity contribution in [3.05, 3.63) is 30.9 Å². The summed E-state index contributed by atoms with van der Waals surface area (Å²) in [5.74, 6) is 1.61. The second-order valence-corrected chi connectivity index (χ2v) is 5.38. The van der Waals surface area contributed by atoms with E-state index in [4.69, 9.17) is 4.74 Å². The van der Waals surface area contributed by atoms with Crippen molar-refractivity contribution in [2.24, 2.45) is 0 Å². The summed E-state index contributed by atoms with van der Waals surface area (Å²) in [5.41, 5.74) is 1.79. The number of hydrogen-bond acceptors (Lipinski definition) is 5. The fourth-order valence-electron chi connectivity index (χ4n) is 2.72. The van der Waals surface area contributed by atoms with Gasteiger partial charge in [0.1, 0.15) is 17.9 Å². The SMILES string of the molecule is COc1cncc(-c2cc(NC3CCCCC3)ncn2)c1. The standard InChI is InChI=1S/C16H20N4O/c1-21-14-7-12(9-17-10-14)15-8-16(19-11-18-15)20-13-5-3-2-4-6-13/h7-11,13H,2-6H2,1H3,(H,18,19,20). The maximum atomic E-state index is 5.21. The van der Waals surface area contributed by atoms with Gasteiger partial charge in [-0.25, -0.2) is 9.97 Å². The molecular formula is C16H20N4O. The smallest absolute Gasteiger partial charge is 0.137 e. The van der Waals surface area contributed by atoms with Crippen LogP contribution < -0.4 is 10.1 Å². The first-order valence-corrected chi connectivity index (χ1v) is 7.43. The molecule has 0 unspecified atom stereocenters. The van der Waals surface area contributed by atoms with Crippen LogP contribution in [0.3, 0.4) is 0 Å². The molecule has 1 fully saturated rings. The van der Waals surface area contributed by atoms with Crippen LogP contribution in [0.5, 0.6) is 5.75 Å². The lowest BCUT2D eigenvalue weighted by Gasteiger charge is -2.23. The molecule has 5 nitrogen and oxygen atoms in total. The molecule has 5 heteroatoms. The summed E-state index contributed by atoms with van der Waals surface area (Å²) in [6, 6.07) is 4.44. The summed E-state index contributed by atoms with van der Waals surface area (Å²) in [5, 5.41) is 3.52. The van der Waals surface area contributed by atoms with Crippen LogP contribution in [0.15, 0.2) is 30.9 Å². The van der Waals surface area contributed by atoms with Gasteiger partial charge < -0.3 is 10.1 Å². The molecule has 2 aromatic rings. The van der Waals surface area contributed by atoms with Crippen LogP contribution >= 0.6 is 0 Å². The average Bonchev–Trinajstić information content (AvgIpc) is 2.56. The van der Waals surface area contributed by atoms with E-state index in [0.717, 1.165) is 22.8 Å². The van der Waals surface area contributed by atoms with Crippen LogP contribution in [0.4, 0.5) is 5.82 Å². The molecule has 0 amide bonds. The highest BCUT2D eigenvalue weighted by atomic mass is 16.5. The van der Waals surface area contributed by atoms with Crippen molar-refractivity contribution < 1.29 is 4.74 Å². The number of anilines is 1. The van der Waals surface area contributed by atoms with Crippen LogP contribution in [0.2, 0.25) is 0 Å². The predicted octanol–water partition coefficient (Wildman–Crippen LogP) is 3.29. The van der Waals surface area contributed by atoms with Gasteiger partial charge in [-0.3, -0.25) is 4.98 Å². The first-order chi connectivity index (χ1) is 10.3. The van der Waals surface area contributed by atoms with E-state index in [-0.39, 0.29) is 0 Å². The van der Waals surface area contributed by atoms with Crippen molar-refractivity contribution in [1.29, 1.82) is 0 Å². The number of rotatable bonds is 4. The predicted molar refractivity (Wildman–Crippen MR) is 82.3 cm³/mol. The van der Waals surface area contributed by atoms with E-state index in [9.17, 15) is 0 Å². The Hall–Kier alpha value is -2.17. The zero-order valence-corrected chi connectivity index (χ0v) is 12.2. The van der Waals surface area contributed by atoms with Crippen LogP contribution in [0.25, 0.3) is 11.3 Å². The van der Waals surface area contributed by atoms with E-state index in [1.807, 2.05) is 12.1 Å². The van der Waals surface area contributed by atoms with E-state index in [1.165, 1.54) is 32.1 Å². The van der Waals surface area contributed by atoms with Crippen molar-refractivity contribution >= 4 is 5.82 Å². The van der Waals surface area contributed by atoms with Gasteiger partial charge in [-0.1, -0.05) is 19.3 Å². The molecule has 0 aliphatic heterocycles. The van der Waals surface area contributed by atoms with Gasteiger partial charge in [0.15, 0.2) is 0 Å². The molecule has 0 aromatic carbocycles. The lowest BCUT2D eigenvalue weighted by atomic mass is 9.95. The number of nitrogens with zero attached hydrogens (tertiary/aromatic N) is 3. The van der Waals surface area contributed by atoms with E-state index < -0.39 is 0 Å². The molecule has 1 saturated carbocycles. The number of aromatic nitrogens is 3. The van der Waals surface area contributed by atoms with E-state index >= 15 is 0 Å². The van der Waals surface area contributed by atoms with Gasteiger partial charge in [-0.05, 0) is 18.9 Å². The van der Waals surface area contributed by atoms with E-state index in [0.29, 0.717) is 6.04 Å². The van der Waals surface area contributed by atoms with Crippen molar-refractivity contribution in [1.82, 2.24) is 15.0 Å². The van der Waals surface area contributed by atoms with Crippen molar-refractivity contribution in [3.8, 4) is 17.0 Å². The quantitative estimate of drug-likeness (QED) is 0.933. The highest BCUT2D eigenvalue weighted by Crippen LogP contribution is 2.24. The van der Waals surface area contributed by atoms with Crippen LogP contribution in [-0.2, 0) is 0 Å². The second-order valence-electron chi connectivity index (χ2n) is 5.38. The normalized spacial score (nSPS) is 15.7. The zero-order chi connectivity index (χ0) is 14.5. The molecule has 0 radical (unpaired) electrons. The molecule has 1 aliphatic carbocycles. The summed E-state index contributed by atoms with van der Waals surface area (Å²) >= 11 is 0. The van der Waals surface area contributed by atoms with E-state index in [2.05, 4.69) is 20.3 Å². The molecule has 21 heavy (non-hydrogen) atoms. The molecule has 0 atom stereocenters. The Kier molecular flexibility index (Phi) is 4.28. The van der Waals surface area contributed by atoms with Crippen molar-refractivity contribution in [2.45, 2.75) is 38.1 Å². The summed E-state index contributed by atoms with van der Waals surface area (Å²) in [6.07, 6.45) is 11.5. The maximum Gasteiger partial charge on any atom is 0.137 e. The Morgan fingerprint density at radius 1 is 1.10 bits per heavy atom. The summed E-state index contributed by atoms with van der Waals surface area (Å²) < 4.78 is 5.21. The zero-order valence-electron chi connectivity index (χ0n) is 12.2. The fourth-order valence-corrected chi connectivity index (χ4v) is 2.72. The van der Waals surface area contributed by atoms with Crippen molar-refractivity contribution in [2.75, 3.05) is 12.4 Å². The minimum Gasteiger partial charge on any atom is -0.495 e. The third kappa shape index (κ3) is 3.48. The van der Waals surface area contributed by atoms with Crippen LogP contribution in [-0.4, -0.2) is 28.1 Å². The molecular weight excluding hydrogens is 264 g/mol. The summed E-state index contributed by atoms with van der Waals surface area (Å²) in [6.45, 7) is 0. The monoisotopic (exact) mass is 284 g/mol. The Morgan fingerprint density at radius 3 is 2.76 bits per heavy atom. The number of pyridine rings is 1. The minimum absolute atomic E-state index is 0.532. The maximum absolute atomic E-state index is 5.21. The molecule has 110 valence electrons. The van der Waals surface area contributed by atoms with Crippen LogP contribution in [0.1, 0.15) is 32.1 Å². The van der Waals surface area contributed by atoms with Gasteiger partial charge in [0.25, 0.3) is 0 Å². The van der Waals surface area contributed by atoms with Gasteiger partial charge in [0.05, 0.1) is 19.0 Å². The molecule has 3 rings (SSSR count). The van der Waals surface area contributed by atoms with Gasteiger partial charge >= 0.3 is 0 Å². The molecule has 2 heterocycles. The number of hydrogen-bond donors (Lipinski definition) is 1. The highest BCUT2D eigenvalue weighted by molar-refractivity contribution is 5.62. The number of nitrogens with one attached hydrogen (secondary N) is 1. The number of ether oxygens (including phenoxy) is 1.